The van der Waals surface area contributed by atoms with E-state index in [2.05, 4.69) is 32.5 Å². The SMILES string of the molecule is Cc1nc(NCC2CN(C)CCN2)cc(N(C)C)n1. The first-order chi connectivity index (χ1) is 9.04. The molecule has 2 rings (SSSR count). The smallest absolute Gasteiger partial charge is 0.133 e. The lowest BCUT2D eigenvalue weighted by Gasteiger charge is -2.31. The average molecular weight is 264 g/mol. The third kappa shape index (κ3) is 4.04. The Balaban J connectivity index is 1.95. The first-order valence-corrected chi connectivity index (χ1v) is 6.73. The summed E-state index contributed by atoms with van der Waals surface area (Å²) in [6.45, 7) is 6.04. The van der Waals surface area contributed by atoms with Gasteiger partial charge in [-0.15, -0.1) is 0 Å². The third-order valence-electron chi connectivity index (χ3n) is 3.27. The molecule has 1 aliphatic rings. The van der Waals surface area contributed by atoms with Gasteiger partial charge >= 0.3 is 0 Å². The molecule has 1 fully saturated rings. The van der Waals surface area contributed by atoms with Crippen LogP contribution in [0.2, 0.25) is 0 Å². The lowest BCUT2D eigenvalue weighted by molar-refractivity contribution is 0.244. The average Bonchev–Trinajstić information content (AvgIpc) is 2.36. The Morgan fingerprint density at radius 3 is 2.95 bits per heavy atom. The van der Waals surface area contributed by atoms with E-state index >= 15 is 0 Å². The molecular weight excluding hydrogens is 240 g/mol. The third-order valence-corrected chi connectivity index (χ3v) is 3.27. The molecule has 1 aliphatic heterocycles. The number of piperazine rings is 1. The van der Waals surface area contributed by atoms with E-state index in [-0.39, 0.29) is 0 Å². The molecule has 19 heavy (non-hydrogen) atoms. The van der Waals surface area contributed by atoms with Gasteiger partial charge in [0.05, 0.1) is 0 Å². The van der Waals surface area contributed by atoms with Crippen LogP contribution in [0, 0.1) is 6.92 Å². The predicted molar refractivity (Wildman–Crippen MR) is 78.9 cm³/mol. The number of hydrogen-bond donors (Lipinski definition) is 2. The van der Waals surface area contributed by atoms with Gasteiger partial charge in [0.2, 0.25) is 0 Å². The molecular formula is C13H24N6. The molecule has 1 aromatic heterocycles. The quantitative estimate of drug-likeness (QED) is 0.808. The minimum absolute atomic E-state index is 0.469. The van der Waals surface area contributed by atoms with Crippen LogP contribution in [0.15, 0.2) is 6.07 Å². The van der Waals surface area contributed by atoms with Gasteiger partial charge in [0, 0.05) is 52.4 Å². The zero-order chi connectivity index (χ0) is 13.8. The molecule has 0 aromatic carbocycles. The van der Waals surface area contributed by atoms with Crippen LogP contribution in [0.1, 0.15) is 5.82 Å². The van der Waals surface area contributed by atoms with Crippen LogP contribution < -0.4 is 15.5 Å². The highest BCUT2D eigenvalue weighted by molar-refractivity contribution is 5.48. The van der Waals surface area contributed by atoms with Gasteiger partial charge in [-0.05, 0) is 14.0 Å². The Hall–Kier alpha value is -1.40. The van der Waals surface area contributed by atoms with E-state index in [1.54, 1.807) is 0 Å². The van der Waals surface area contributed by atoms with Crippen LogP contribution in [-0.4, -0.2) is 68.2 Å². The Labute approximate surface area is 115 Å². The van der Waals surface area contributed by atoms with Crippen molar-refractivity contribution in [2.45, 2.75) is 13.0 Å². The topological polar surface area (TPSA) is 56.3 Å². The predicted octanol–water partition coefficient (Wildman–Crippen LogP) is 0.167. The molecule has 2 N–H and O–H groups in total. The summed E-state index contributed by atoms with van der Waals surface area (Å²) in [5, 5.41) is 6.92. The molecule has 1 saturated heterocycles. The van der Waals surface area contributed by atoms with Crippen LogP contribution in [0.4, 0.5) is 11.6 Å². The number of hydrogen-bond acceptors (Lipinski definition) is 6. The molecule has 1 unspecified atom stereocenters. The number of likely N-dealkylation sites (N-methyl/N-ethyl adjacent to an activating group) is 1. The van der Waals surface area contributed by atoms with Gasteiger partial charge < -0.3 is 20.4 Å². The number of nitrogens with zero attached hydrogens (tertiary/aromatic N) is 4. The van der Waals surface area contributed by atoms with Gasteiger partial charge in [-0.25, -0.2) is 9.97 Å². The summed E-state index contributed by atoms with van der Waals surface area (Å²) in [4.78, 5) is 13.2. The largest absolute Gasteiger partial charge is 0.368 e. The van der Waals surface area contributed by atoms with Crippen molar-refractivity contribution in [2.24, 2.45) is 0 Å². The number of aryl methyl sites for hydroxylation is 1. The highest BCUT2D eigenvalue weighted by Gasteiger charge is 2.16. The van der Waals surface area contributed by atoms with Gasteiger partial charge in [0.15, 0.2) is 0 Å². The lowest BCUT2D eigenvalue weighted by atomic mass is 10.2. The molecule has 106 valence electrons. The standard InChI is InChI=1S/C13H24N6/c1-10-16-12(7-13(17-10)18(2)3)15-8-11-9-19(4)6-5-14-11/h7,11,14H,5-6,8-9H2,1-4H3,(H,15,16,17). The van der Waals surface area contributed by atoms with Gasteiger partial charge in [-0.1, -0.05) is 0 Å². The summed E-state index contributed by atoms with van der Waals surface area (Å²) < 4.78 is 0. The van der Waals surface area contributed by atoms with Crippen molar-refractivity contribution in [3.05, 3.63) is 11.9 Å². The Kier molecular flexibility index (Phi) is 4.55. The maximum Gasteiger partial charge on any atom is 0.133 e. The fourth-order valence-electron chi connectivity index (χ4n) is 2.23. The fourth-order valence-corrected chi connectivity index (χ4v) is 2.23. The molecule has 0 spiro atoms. The van der Waals surface area contributed by atoms with Crippen molar-refractivity contribution in [1.82, 2.24) is 20.2 Å². The number of anilines is 2. The molecule has 1 atom stereocenters. The minimum atomic E-state index is 0.469. The Bertz CT molecular complexity index is 420. The molecule has 0 radical (unpaired) electrons. The molecule has 0 bridgehead atoms. The first kappa shape index (κ1) is 14.0. The van der Waals surface area contributed by atoms with Crippen molar-refractivity contribution in [1.29, 1.82) is 0 Å². The van der Waals surface area contributed by atoms with Crippen molar-refractivity contribution in [3.8, 4) is 0 Å². The van der Waals surface area contributed by atoms with E-state index in [4.69, 9.17) is 0 Å². The van der Waals surface area contributed by atoms with E-state index in [0.717, 1.165) is 43.6 Å². The lowest BCUT2D eigenvalue weighted by Crippen LogP contribution is -2.51. The van der Waals surface area contributed by atoms with Crippen molar-refractivity contribution >= 4 is 11.6 Å². The van der Waals surface area contributed by atoms with Crippen molar-refractivity contribution in [3.63, 3.8) is 0 Å². The summed E-state index contributed by atoms with van der Waals surface area (Å²) >= 11 is 0. The van der Waals surface area contributed by atoms with Crippen LogP contribution >= 0.6 is 0 Å². The Morgan fingerprint density at radius 2 is 2.26 bits per heavy atom. The van der Waals surface area contributed by atoms with E-state index in [1.807, 2.05) is 32.0 Å². The second-order valence-electron chi connectivity index (χ2n) is 5.35. The molecule has 1 aromatic rings. The molecule has 0 aliphatic carbocycles. The summed E-state index contributed by atoms with van der Waals surface area (Å²) in [5.74, 6) is 2.62. The number of nitrogens with one attached hydrogen (secondary N) is 2. The summed E-state index contributed by atoms with van der Waals surface area (Å²) in [6, 6.07) is 2.45. The van der Waals surface area contributed by atoms with Gasteiger partial charge in [-0.2, -0.15) is 0 Å². The molecule has 6 heteroatoms. The molecule has 6 nitrogen and oxygen atoms in total. The number of aromatic nitrogens is 2. The van der Waals surface area contributed by atoms with Crippen molar-refractivity contribution in [2.75, 3.05) is 57.5 Å². The van der Waals surface area contributed by atoms with E-state index in [1.165, 1.54) is 0 Å². The summed E-state index contributed by atoms with van der Waals surface area (Å²) in [7, 11) is 6.14. The van der Waals surface area contributed by atoms with Crippen LogP contribution in [0.3, 0.4) is 0 Å². The summed E-state index contributed by atoms with van der Waals surface area (Å²) in [5.41, 5.74) is 0. The Morgan fingerprint density at radius 1 is 1.47 bits per heavy atom. The van der Waals surface area contributed by atoms with Gasteiger partial charge in [0.25, 0.3) is 0 Å². The monoisotopic (exact) mass is 264 g/mol. The van der Waals surface area contributed by atoms with Gasteiger partial charge in [0.1, 0.15) is 17.5 Å². The zero-order valence-corrected chi connectivity index (χ0v) is 12.3. The minimum Gasteiger partial charge on any atom is -0.368 e. The molecule has 0 amide bonds. The van der Waals surface area contributed by atoms with Crippen LogP contribution in [0.25, 0.3) is 0 Å². The van der Waals surface area contributed by atoms with E-state index < -0.39 is 0 Å². The van der Waals surface area contributed by atoms with E-state index in [0.29, 0.717) is 6.04 Å². The second-order valence-corrected chi connectivity index (χ2v) is 5.35. The maximum absolute atomic E-state index is 4.43. The second kappa shape index (κ2) is 6.16. The fraction of sp³-hybridized carbons (Fsp3) is 0.692. The first-order valence-electron chi connectivity index (χ1n) is 6.73. The highest BCUT2D eigenvalue weighted by atomic mass is 15.2. The maximum atomic E-state index is 4.43. The zero-order valence-electron chi connectivity index (χ0n) is 12.3. The normalized spacial score (nSPS) is 20.3. The summed E-state index contributed by atoms with van der Waals surface area (Å²) in [6.07, 6.45) is 0. The molecule has 2 heterocycles. The van der Waals surface area contributed by atoms with Crippen LogP contribution in [0.5, 0.6) is 0 Å². The highest BCUT2D eigenvalue weighted by Crippen LogP contribution is 2.13. The van der Waals surface area contributed by atoms with Crippen LogP contribution in [-0.2, 0) is 0 Å². The number of rotatable bonds is 4. The molecule has 0 saturated carbocycles. The van der Waals surface area contributed by atoms with Gasteiger partial charge in [-0.3, -0.25) is 0 Å². The van der Waals surface area contributed by atoms with Crippen molar-refractivity contribution < 1.29 is 0 Å². The van der Waals surface area contributed by atoms with E-state index in [9.17, 15) is 0 Å².